The largest absolute Gasteiger partial charge is 0.492 e. The molecule has 0 spiro atoms. The van der Waals surface area contributed by atoms with E-state index >= 15 is 0 Å². The normalized spacial score (nSPS) is 11.2. The Balaban J connectivity index is 1.78. The average Bonchev–Trinajstić information content (AvgIpc) is 3.03. The molecular formula is C21H17F4N5O2. The second-order valence-corrected chi connectivity index (χ2v) is 6.76. The van der Waals surface area contributed by atoms with Crippen LogP contribution in [0.25, 0.3) is 11.3 Å². The van der Waals surface area contributed by atoms with Crippen LogP contribution in [0.1, 0.15) is 21.5 Å². The third-order valence-corrected chi connectivity index (χ3v) is 4.54. The molecule has 0 aliphatic heterocycles. The van der Waals surface area contributed by atoms with Crippen LogP contribution in [0.2, 0.25) is 0 Å². The van der Waals surface area contributed by atoms with Crippen molar-refractivity contribution in [2.45, 2.75) is 19.1 Å². The fraction of sp³-hybridized carbons (Fsp3) is 0.190. The standard InChI is InChI=1S/C21H17F4N5O2/c22-16-9-13(18-15(10-26)19(27)30(29-18)11-21(23,24)25)6-5-12(16)7-8-32-17-4-2-1-3-14(17)20(28)31/h1-6,9H,7-8,11,27H2,(H2,28,31). The number of carbonyl (C=O) groups is 1. The second-order valence-electron chi connectivity index (χ2n) is 6.76. The zero-order valence-corrected chi connectivity index (χ0v) is 16.5. The van der Waals surface area contributed by atoms with Gasteiger partial charge in [-0.1, -0.05) is 24.3 Å². The fourth-order valence-corrected chi connectivity index (χ4v) is 3.04. The van der Waals surface area contributed by atoms with Crippen LogP contribution in [0.4, 0.5) is 23.4 Å². The molecule has 1 aromatic heterocycles. The van der Waals surface area contributed by atoms with Gasteiger partial charge in [0, 0.05) is 12.0 Å². The van der Waals surface area contributed by atoms with E-state index in [1.807, 2.05) is 0 Å². The van der Waals surface area contributed by atoms with Gasteiger partial charge in [0.2, 0.25) is 0 Å². The highest BCUT2D eigenvalue weighted by atomic mass is 19.4. The predicted molar refractivity (Wildman–Crippen MR) is 107 cm³/mol. The van der Waals surface area contributed by atoms with E-state index in [4.69, 9.17) is 16.2 Å². The number of alkyl halides is 3. The average molecular weight is 447 g/mol. The zero-order chi connectivity index (χ0) is 23.5. The van der Waals surface area contributed by atoms with E-state index < -0.39 is 30.3 Å². The lowest BCUT2D eigenvalue weighted by atomic mass is 10.0. The van der Waals surface area contributed by atoms with Crippen molar-refractivity contribution in [1.82, 2.24) is 9.78 Å². The van der Waals surface area contributed by atoms with E-state index in [1.165, 1.54) is 18.2 Å². The molecule has 0 radical (unpaired) electrons. The number of rotatable bonds is 7. The van der Waals surface area contributed by atoms with Gasteiger partial charge in [-0.25, -0.2) is 9.07 Å². The molecule has 3 rings (SSSR count). The molecular weight excluding hydrogens is 430 g/mol. The van der Waals surface area contributed by atoms with Crippen LogP contribution < -0.4 is 16.2 Å². The van der Waals surface area contributed by atoms with Gasteiger partial charge < -0.3 is 16.2 Å². The molecule has 0 saturated heterocycles. The van der Waals surface area contributed by atoms with Gasteiger partial charge in [0.25, 0.3) is 5.91 Å². The minimum Gasteiger partial charge on any atom is -0.492 e. The number of nitrogens with zero attached hydrogens (tertiary/aromatic N) is 3. The number of hydrogen-bond donors (Lipinski definition) is 2. The third-order valence-electron chi connectivity index (χ3n) is 4.54. The molecule has 0 fully saturated rings. The van der Waals surface area contributed by atoms with Crippen LogP contribution in [0.5, 0.6) is 5.75 Å². The first kappa shape index (κ1) is 22.6. The van der Waals surface area contributed by atoms with E-state index in [-0.39, 0.29) is 46.7 Å². The van der Waals surface area contributed by atoms with E-state index in [1.54, 1.807) is 24.3 Å². The highest BCUT2D eigenvalue weighted by Crippen LogP contribution is 2.30. The minimum atomic E-state index is -4.59. The molecule has 2 aromatic carbocycles. The van der Waals surface area contributed by atoms with Gasteiger partial charge in [-0.05, 0) is 23.8 Å². The first-order chi connectivity index (χ1) is 15.1. The van der Waals surface area contributed by atoms with Crippen molar-refractivity contribution in [3.63, 3.8) is 0 Å². The monoisotopic (exact) mass is 447 g/mol. The van der Waals surface area contributed by atoms with Gasteiger partial charge in [-0.2, -0.15) is 23.5 Å². The van der Waals surface area contributed by atoms with Gasteiger partial charge >= 0.3 is 6.18 Å². The Morgan fingerprint density at radius 1 is 1.22 bits per heavy atom. The van der Waals surface area contributed by atoms with Crippen molar-refractivity contribution >= 4 is 11.7 Å². The Morgan fingerprint density at radius 3 is 2.56 bits per heavy atom. The van der Waals surface area contributed by atoms with Crippen LogP contribution in [0.15, 0.2) is 42.5 Å². The molecule has 0 atom stereocenters. The number of anilines is 1. The highest BCUT2D eigenvalue weighted by Gasteiger charge is 2.31. The number of amides is 1. The molecule has 0 saturated carbocycles. The molecule has 11 heteroatoms. The smallest absolute Gasteiger partial charge is 0.408 e. The summed E-state index contributed by atoms with van der Waals surface area (Å²) in [4.78, 5) is 11.4. The summed E-state index contributed by atoms with van der Waals surface area (Å²) < 4.78 is 58.7. The molecule has 4 N–H and O–H groups in total. The number of ether oxygens (including phenoxy) is 1. The maximum atomic E-state index is 14.6. The summed E-state index contributed by atoms with van der Waals surface area (Å²) in [5.41, 5.74) is 11.0. The van der Waals surface area contributed by atoms with Crippen molar-refractivity contribution in [3.8, 4) is 23.1 Å². The molecule has 0 aliphatic rings. The number of nitrogen functional groups attached to an aromatic ring is 1. The summed E-state index contributed by atoms with van der Waals surface area (Å²) in [6, 6.07) is 12.0. The lowest BCUT2D eigenvalue weighted by molar-refractivity contribution is -0.142. The van der Waals surface area contributed by atoms with Crippen molar-refractivity contribution in [2.75, 3.05) is 12.3 Å². The van der Waals surface area contributed by atoms with Gasteiger partial charge in [0.05, 0.1) is 12.2 Å². The highest BCUT2D eigenvalue weighted by molar-refractivity contribution is 5.95. The molecule has 7 nitrogen and oxygen atoms in total. The Bertz CT molecular complexity index is 1200. The Kier molecular flexibility index (Phi) is 6.34. The first-order valence-electron chi connectivity index (χ1n) is 9.24. The summed E-state index contributed by atoms with van der Waals surface area (Å²) >= 11 is 0. The molecule has 166 valence electrons. The van der Waals surface area contributed by atoms with Gasteiger partial charge in [0.1, 0.15) is 41.3 Å². The number of carbonyl (C=O) groups excluding carboxylic acids is 1. The summed E-state index contributed by atoms with van der Waals surface area (Å²) in [5.74, 6) is -1.51. The Labute approximate surface area is 179 Å². The van der Waals surface area contributed by atoms with Crippen LogP contribution in [-0.2, 0) is 13.0 Å². The number of benzene rings is 2. The van der Waals surface area contributed by atoms with Crippen LogP contribution in [0.3, 0.4) is 0 Å². The Hall–Kier alpha value is -4.07. The van der Waals surface area contributed by atoms with Crippen LogP contribution in [0, 0.1) is 17.1 Å². The van der Waals surface area contributed by atoms with Crippen LogP contribution >= 0.6 is 0 Å². The minimum absolute atomic E-state index is 0.0389. The quantitative estimate of drug-likeness (QED) is 0.538. The lowest BCUT2D eigenvalue weighted by Crippen LogP contribution is -2.20. The van der Waals surface area contributed by atoms with Gasteiger partial charge in [-0.15, -0.1) is 0 Å². The van der Waals surface area contributed by atoms with Crippen molar-refractivity contribution < 1.29 is 27.1 Å². The number of nitriles is 1. The molecule has 0 bridgehead atoms. The maximum Gasteiger partial charge on any atom is 0.408 e. The zero-order valence-electron chi connectivity index (χ0n) is 16.5. The summed E-state index contributed by atoms with van der Waals surface area (Å²) in [6.07, 6.45) is -4.46. The van der Waals surface area contributed by atoms with Crippen LogP contribution in [-0.4, -0.2) is 28.5 Å². The number of aromatic nitrogens is 2. The number of halogens is 4. The van der Waals surface area contributed by atoms with E-state index in [2.05, 4.69) is 5.10 Å². The summed E-state index contributed by atoms with van der Waals surface area (Å²) in [5, 5.41) is 13.0. The van der Waals surface area contributed by atoms with E-state index in [0.717, 1.165) is 6.07 Å². The topological polar surface area (TPSA) is 120 Å². The fourth-order valence-electron chi connectivity index (χ4n) is 3.04. The summed E-state index contributed by atoms with van der Waals surface area (Å²) in [6.45, 7) is -1.44. The maximum absolute atomic E-state index is 14.6. The molecule has 1 heterocycles. The van der Waals surface area contributed by atoms with E-state index in [9.17, 15) is 27.6 Å². The number of primary amides is 1. The summed E-state index contributed by atoms with van der Waals surface area (Å²) in [7, 11) is 0. The first-order valence-corrected chi connectivity index (χ1v) is 9.24. The number of hydrogen-bond acceptors (Lipinski definition) is 5. The SMILES string of the molecule is N#Cc1c(-c2ccc(CCOc3ccccc3C(N)=O)c(F)c2)nn(CC(F)(F)F)c1N. The number of nitrogens with two attached hydrogens (primary N) is 2. The second kappa shape index (κ2) is 8.97. The van der Waals surface area contributed by atoms with Crippen molar-refractivity contribution in [3.05, 3.63) is 65.0 Å². The Morgan fingerprint density at radius 2 is 1.94 bits per heavy atom. The molecule has 3 aromatic rings. The molecule has 0 unspecified atom stereocenters. The lowest BCUT2D eigenvalue weighted by Gasteiger charge is -2.10. The van der Waals surface area contributed by atoms with Crippen molar-refractivity contribution in [1.29, 1.82) is 5.26 Å². The third kappa shape index (κ3) is 4.97. The van der Waals surface area contributed by atoms with E-state index in [0.29, 0.717) is 4.68 Å². The molecule has 32 heavy (non-hydrogen) atoms. The molecule has 0 aliphatic carbocycles. The molecule has 1 amide bonds. The van der Waals surface area contributed by atoms with Gasteiger partial charge in [0.15, 0.2) is 0 Å². The van der Waals surface area contributed by atoms with Crippen molar-refractivity contribution in [2.24, 2.45) is 5.73 Å². The number of para-hydroxylation sites is 1. The predicted octanol–water partition coefficient (Wildman–Crippen LogP) is 3.43. The van der Waals surface area contributed by atoms with Gasteiger partial charge in [-0.3, -0.25) is 4.79 Å².